The van der Waals surface area contributed by atoms with Crippen molar-refractivity contribution < 1.29 is 9.84 Å². The third kappa shape index (κ3) is 3.02. The molecule has 1 aliphatic rings. The number of thioether (sulfide) groups is 1. The van der Waals surface area contributed by atoms with Crippen molar-refractivity contribution in [2.45, 2.75) is 42.3 Å². The quantitative estimate of drug-likeness (QED) is 0.836. The second kappa shape index (κ2) is 6.29. The van der Waals surface area contributed by atoms with Crippen molar-refractivity contribution in [3.05, 3.63) is 29.3 Å². The Morgan fingerprint density at radius 1 is 1.39 bits per heavy atom. The normalized spacial score (nSPS) is 19.9. The molecule has 0 amide bonds. The zero-order chi connectivity index (χ0) is 13.0. The first kappa shape index (κ1) is 14.2. The number of hydrogen-bond acceptors (Lipinski definition) is 3. The Morgan fingerprint density at radius 3 is 2.67 bits per heavy atom. The van der Waals surface area contributed by atoms with Crippen LogP contribution in [0.4, 0.5) is 0 Å². The lowest BCUT2D eigenvalue weighted by atomic mass is 9.96. The highest BCUT2D eigenvalue weighted by molar-refractivity contribution is 7.99. The van der Waals surface area contributed by atoms with Crippen LogP contribution in [-0.2, 0) is 4.74 Å². The van der Waals surface area contributed by atoms with Crippen LogP contribution in [0.15, 0.2) is 29.2 Å². The molecule has 1 aromatic rings. The van der Waals surface area contributed by atoms with Gasteiger partial charge in [-0.2, -0.15) is 0 Å². The summed E-state index contributed by atoms with van der Waals surface area (Å²) in [6, 6.07) is 7.73. The summed E-state index contributed by atoms with van der Waals surface area (Å²) in [5.74, 6) is 0.623. The second-order valence-corrected chi connectivity index (χ2v) is 6.20. The molecule has 18 heavy (non-hydrogen) atoms. The maximum absolute atomic E-state index is 10.4. The van der Waals surface area contributed by atoms with Gasteiger partial charge in [0.05, 0.1) is 16.7 Å². The SMILES string of the molecule is COC1(C(O)CSc2ccccc2Cl)CCCC1. The van der Waals surface area contributed by atoms with Gasteiger partial charge >= 0.3 is 0 Å². The van der Waals surface area contributed by atoms with Crippen LogP contribution in [-0.4, -0.2) is 29.7 Å². The number of aliphatic hydroxyl groups is 1. The lowest BCUT2D eigenvalue weighted by Gasteiger charge is -2.32. The zero-order valence-corrected chi connectivity index (χ0v) is 12.1. The van der Waals surface area contributed by atoms with Crippen molar-refractivity contribution in [3.63, 3.8) is 0 Å². The largest absolute Gasteiger partial charge is 0.389 e. The van der Waals surface area contributed by atoms with Crippen LogP contribution in [0.2, 0.25) is 5.02 Å². The van der Waals surface area contributed by atoms with Crippen molar-refractivity contribution in [1.29, 1.82) is 0 Å². The van der Waals surface area contributed by atoms with Gasteiger partial charge in [-0.15, -0.1) is 11.8 Å². The standard InChI is InChI=1S/C14H19ClO2S/c1-17-14(8-4-5-9-14)13(16)10-18-12-7-3-2-6-11(12)15/h2-3,6-7,13,16H,4-5,8-10H2,1H3. The van der Waals surface area contributed by atoms with Crippen LogP contribution in [0.3, 0.4) is 0 Å². The Morgan fingerprint density at radius 2 is 2.06 bits per heavy atom. The fourth-order valence-electron chi connectivity index (χ4n) is 2.53. The predicted octanol–water partition coefficient (Wildman–Crippen LogP) is 3.75. The summed E-state index contributed by atoms with van der Waals surface area (Å²) in [7, 11) is 1.70. The van der Waals surface area contributed by atoms with E-state index in [1.54, 1.807) is 18.9 Å². The van der Waals surface area contributed by atoms with Gasteiger partial charge in [0, 0.05) is 17.8 Å². The van der Waals surface area contributed by atoms with Crippen LogP contribution in [0.5, 0.6) is 0 Å². The Kier molecular flexibility index (Phi) is 4.96. The van der Waals surface area contributed by atoms with Crippen LogP contribution >= 0.6 is 23.4 Å². The summed E-state index contributed by atoms with van der Waals surface area (Å²) in [6.45, 7) is 0. The van der Waals surface area contributed by atoms with E-state index in [0.717, 1.165) is 35.6 Å². The van der Waals surface area contributed by atoms with Crippen molar-refractivity contribution in [2.24, 2.45) is 0 Å². The Hall–Kier alpha value is -0.220. The molecule has 0 saturated heterocycles. The third-order valence-corrected chi connectivity index (χ3v) is 5.29. The Balaban J connectivity index is 1.95. The third-order valence-electron chi connectivity index (χ3n) is 3.70. The van der Waals surface area contributed by atoms with Crippen LogP contribution < -0.4 is 0 Å². The zero-order valence-electron chi connectivity index (χ0n) is 10.6. The molecule has 2 nitrogen and oxygen atoms in total. The molecular formula is C14H19ClO2S. The van der Waals surface area contributed by atoms with E-state index in [1.165, 1.54) is 0 Å². The van der Waals surface area contributed by atoms with Crippen LogP contribution in [0.25, 0.3) is 0 Å². The van der Waals surface area contributed by atoms with Crippen molar-refractivity contribution >= 4 is 23.4 Å². The van der Waals surface area contributed by atoms with Crippen molar-refractivity contribution in [1.82, 2.24) is 0 Å². The van der Waals surface area contributed by atoms with E-state index in [1.807, 2.05) is 24.3 Å². The number of methoxy groups -OCH3 is 1. The molecule has 1 N–H and O–H groups in total. The molecule has 1 atom stereocenters. The fourth-order valence-corrected chi connectivity index (χ4v) is 3.85. The molecule has 0 spiro atoms. The average Bonchev–Trinajstić information content (AvgIpc) is 2.87. The van der Waals surface area contributed by atoms with E-state index in [2.05, 4.69) is 0 Å². The van der Waals surface area contributed by atoms with E-state index >= 15 is 0 Å². The Labute approximate surface area is 118 Å². The maximum Gasteiger partial charge on any atom is 0.0944 e. The molecule has 0 aromatic heterocycles. The van der Waals surface area contributed by atoms with E-state index in [0.29, 0.717) is 5.75 Å². The molecule has 1 saturated carbocycles. The van der Waals surface area contributed by atoms with E-state index < -0.39 is 6.10 Å². The topological polar surface area (TPSA) is 29.5 Å². The second-order valence-electron chi connectivity index (χ2n) is 4.73. The Bertz CT molecular complexity index is 391. The number of aliphatic hydroxyl groups excluding tert-OH is 1. The minimum Gasteiger partial charge on any atom is -0.389 e. The number of benzene rings is 1. The molecule has 2 rings (SSSR count). The highest BCUT2D eigenvalue weighted by atomic mass is 35.5. The van der Waals surface area contributed by atoms with Gasteiger partial charge in [0.15, 0.2) is 0 Å². The molecule has 0 heterocycles. The number of halogens is 1. The summed E-state index contributed by atoms with van der Waals surface area (Å²) < 4.78 is 5.58. The van der Waals surface area contributed by atoms with Gasteiger partial charge in [0.2, 0.25) is 0 Å². The van der Waals surface area contributed by atoms with Gasteiger partial charge in [0.25, 0.3) is 0 Å². The molecule has 1 aliphatic carbocycles. The smallest absolute Gasteiger partial charge is 0.0944 e. The number of ether oxygens (including phenoxy) is 1. The van der Waals surface area contributed by atoms with Crippen LogP contribution in [0, 0.1) is 0 Å². The first-order chi connectivity index (χ1) is 8.68. The maximum atomic E-state index is 10.4. The molecular weight excluding hydrogens is 268 g/mol. The molecule has 1 unspecified atom stereocenters. The van der Waals surface area contributed by atoms with Gasteiger partial charge in [-0.05, 0) is 25.0 Å². The molecule has 1 aromatic carbocycles. The molecule has 100 valence electrons. The first-order valence-corrected chi connectivity index (χ1v) is 7.65. The summed E-state index contributed by atoms with van der Waals surface area (Å²) >= 11 is 7.70. The molecule has 0 bridgehead atoms. The molecule has 0 aliphatic heterocycles. The average molecular weight is 287 g/mol. The highest BCUT2D eigenvalue weighted by Crippen LogP contribution is 2.38. The summed E-state index contributed by atoms with van der Waals surface area (Å²) in [4.78, 5) is 1.02. The number of hydrogen-bond donors (Lipinski definition) is 1. The van der Waals surface area contributed by atoms with E-state index in [-0.39, 0.29) is 5.60 Å². The molecule has 0 radical (unpaired) electrons. The summed E-state index contributed by atoms with van der Waals surface area (Å²) in [6.07, 6.45) is 3.75. The molecule has 1 fully saturated rings. The van der Waals surface area contributed by atoms with Crippen molar-refractivity contribution in [2.75, 3.05) is 12.9 Å². The minimum absolute atomic E-state index is 0.339. The summed E-state index contributed by atoms with van der Waals surface area (Å²) in [5.41, 5.74) is -0.339. The lowest BCUT2D eigenvalue weighted by Crippen LogP contribution is -2.43. The number of rotatable bonds is 5. The molecule has 4 heteroatoms. The van der Waals surface area contributed by atoms with Crippen LogP contribution in [0.1, 0.15) is 25.7 Å². The van der Waals surface area contributed by atoms with Gasteiger partial charge in [-0.1, -0.05) is 36.6 Å². The van der Waals surface area contributed by atoms with Gasteiger partial charge in [-0.25, -0.2) is 0 Å². The lowest BCUT2D eigenvalue weighted by molar-refractivity contribution is -0.0878. The van der Waals surface area contributed by atoms with Gasteiger partial charge in [-0.3, -0.25) is 0 Å². The first-order valence-electron chi connectivity index (χ1n) is 6.28. The van der Waals surface area contributed by atoms with Gasteiger partial charge in [0.1, 0.15) is 0 Å². The minimum atomic E-state index is -0.439. The van der Waals surface area contributed by atoms with E-state index in [9.17, 15) is 5.11 Å². The van der Waals surface area contributed by atoms with E-state index in [4.69, 9.17) is 16.3 Å². The van der Waals surface area contributed by atoms with Gasteiger partial charge < -0.3 is 9.84 Å². The summed E-state index contributed by atoms with van der Waals surface area (Å²) in [5, 5.41) is 11.1. The predicted molar refractivity (Wildman–Crippen MR) is 76.4 cm³/mol. The van der Waals surface area contributed by atoms with Crippen molar-refractivity contribution in [3.8, 4) is 0 Å². The highest BCUT2D eigenvalue weighted by Gasteiger charge is 2.40. The monoisotopic (exact) mass is 286 g/mol. The fraction of sp³-hybridized carbons (Fsp3) is 0.571.